The number of amides is 4. The molecule has 0 bridgehead atoms. The number of carbonyl (C=O) groups is 3. The van der Waals surface area contributed by atoms with Crippen molar-refractivity contribution in [3.63, 3.8) is 0 Å². The summed E-state index contributed by atoms with van der Waals surface area (Å²) in [6.07, 6.45) is 0.590. The number of urea groups is 1. The average Bonchev–Trinajstić information content (AvgIpc) is 2.37. The van der Waals surface area contributed by atoms with Crippen LogP contribution in [0.1, 0.15) is 5.56 Å². The molecule has 0 aliphatic heterocycles. The van der Waals surface area contributed by atoms with Crippen molar-refractivity contribution >= 4 is 33.8 Å². The van der Waals surface area contributed by atoms with E-state index in [-0.39, 0.29) is 0 Å². The summed E-state index contributed by atoms with van der Waals surface area (Å²) in [5, 5.41) is 4.62. The number of nitrogens with two attached hydrogens (primary N) is 2. The minimum Gasteiger partial charge on any atom is -0.367 e. The summed E-state index contributed by atoms with van der Waals surface area (Å²) in [6, 6.07) is 5.39. The summed E-state index contributed by atoms with van der Waals surface area (Å²) >= 11 is 3.39. The first kappa shape index (κ1) is 16.0. The fourth-order valence-electron chi connectivity index (χ4n) is 1.48. The van der Waals surface area contributed by atoms with E-state index in [1.54, 1.807) is 0 Å². The Bertz CT molecular complexity index is 507. The minimum atomic E-state index is -1.52. The molecule has 0 saturated heterocycles. The zero-order valence-corrected chi connectivity index (χ0v) is 12.1. The van der Waals surface area contributed by atoms with Crippen LogP contribution in [-0.4, -0.2) is 30.4 Å². The Morgan fingerprint density at radius 3 is 2.30 bits per heavy atom. The van der Waals surface area contributed by atoms with Gasteiger partial charge in [0.15, 0.2) is 6.04 Å². The zero-order chi connectivity index (χ0) is 15.1. The lowest BCUT2D eigenvalue weighted by Crippen LogP contribution is -2.55. The third kappa shape index (κ3) is 4.88. The van der Waals surface area contributed by atoms with E-state index in [9.17, 15) is 14.4 Å². The van der Waals surface area contributed by atoms with Crippen molar-refractivity contribution < 1.29 is 14.4 Å². The first-order valence-electron chi connectivity index (χ1n) is 5.78. The first-order valence-corrected chi connectivity index (χ1v) is 6.57. The molecule has 0 fully saturated rings. The predicted octanol–water partition coefficient (Wildman–Crippen LogP) is -0.370. The molecule has 0 atom stereocenters. The average molecular weight is 343 g/mol. The summed E-state index contributed by atoms with van der Waals surface area (Å²) in [5.41, 5.74) is 10.9. The third-order valence-electron chi connectivity index (χ3n) is 2.48. The van der Waals surface area contributed by atoms with Crippen LogP contribution in [0.25, 0.3) is 0 Å². The van der Waals surface area contributed by atoms with Gasteiger partial charge in [-0.1, -0.05) is 34.1 Å². The van der Waals surface area contributed by atoms with Gasteiger partial charge in [0.1, 0.15) is 0 Å². The Hall–Kier alpha value is -2.09. The van der Waals surface area contributed by atoms with Crippen LogP contribution in [0.4, 0.5) is 4.79 Å². The van der Waals surface area contributed by atoms with E-state index in [0.29, 0.717) is 13.0 Å². The SMILES string of the molecule is NC(=O)C(NC(=O)NCCc1ccccc1Br)C(N)=O. The lowest BCUT2D eigenvalue weighted by molar-refractivity contribution is -0.128. The second kappa shape index (κ2) is 7.49. The number of hydrogen-bond acceptors (Lipinski definition) is 3. The Balaban J connectivity index is 2.42. The van der Waals surface area contributed by atoms with Crippen molar-refractivity contribution in [2.45, 2.75) is 12.5 Å². The van der Waals surface area contributed by atoms with Crippen molar-refractivity contribution in [1.29, 1.82) is 0 Å². The van der Waals surface area contributed by atoms with Gasteiger partial charge in [-0.2, -0.15) is 0 Å². The van der Waals surface area contributed by atoms with Crippen molar-refractivity contribution in [3.8, 4) is 0 Å². The van der Waals surface area contributed by atoms with E-state index in [1.165, 1.54) is 0 Å². The second-order valence-electron chi connectivity index (χ2n) is 3.98. The second-order valence-corrected chi connectivity index (χ2v) is 4.83. The summed E-state index contributed by atoms with van der Waals surface area (Å²) in [7, 11) is 0. The van der Waals surface area contributed by atoms with Crippen LogP contribution in [0.2, 0.25) is 0 Å². The van der Waals surface area contributed by atoms with Crippen LogP contribution in [0.5, 0.6) is 0 Å². The van der Waals surface area contributed by atoms with Gasteiger partial charge >= 0.3 is 6.03 Å². The molecule has 0 aliphatic rings. The maximum Gasteiger partial charge on any atom is 0.315 e. The molecule has 0 saturated carbocycles. The van der Waals surface area contributed by atoms with E-state index in [1.807, 2.05) is 24.3 Å². The lowest BCUT2D eigenvalue weighted by atomic mass is 10.1. The number of halogens is 1. The molecule has 6 N–H and O–H groups in total. The number of benzene rings is 1. The van der Waals surface area contributed by atoms with Gasteiger partial charge in [0.25, 0.3) is 0 Å². The van der Waals surface area contributed by atoms with E-state index in [0.717, 1.165) is 10.0 Å². The quantitative estimate of drug-likeness (QED) is 0.526. The Labute approximate surface area is 124 Å². The summed E-state index contributed by atoms with van der Waals surface area (Å²) in [4.78, 5) is 33.3. The highest BCUT2D eigenvalue weighted by atomic mass is 79.9. The van der Waals surface area contributed by atoms with Crippen LogP contribution < -0.4 is 22.1 Å². The molecule has 1 rings (SSSR count). The van der Waals surface area contributed by atoms with Crippen molar-refractivity contribution in [2.24, 2.45) is 11.5 Å². The minimum absolute atomic E-state index is 0.332. The molecule has 0 aromatic heterocycles. The largest absolute Gasteiger partial charge is 0.367 e. The number of hydrogen-bond donors (Lipinski definition) is 4. The summed E-state index contributed by atoms with van der Waals surface area (Å²) < 4.78 is 0.939. The van der Waals surface area contributed by atoms with Gasteiger partial charge in [-0.25, -0.2) is 4.79 Å². The fraction of sp³-hybridized carbons (Fsp3) is 0.250. The molecule has 0 unspecified atom stereocenters. The standard InChI is InChI=1S/C12H15BrN4O3/c13-8-4-2-1-3-7(8)5-6-16-12(20)17-9(10(14)18)11(15)19/h1-4,9H,5-6H2,(H2,14,18)(H2,15,19)(H2,16,17,20). The molecule has 8 heteroatoms. The summed E-state index contributed by atoms with van der Waals surface area (Å²) in [5.74, 6) is -2.00. The van der Waals surface area contributed by atoms with Crippen molar-refractivity contribution in [3.05, 3.63) is 34.3 Å². The molecule has 7 nitrogen and oxygen atoms in total. The van der Waals surface area contributed by atoms with Crippen LogP contribution in [0.15, 0.2) is 28.7 Å². The Kier molecular flexibility index (Phi) is 5.98. The van der Waals surface area contributed by atoms with Gasteiger partial charge in [0.2, 0.25) is 11.8 Å². The lowest BCUT2D eigenvalue weighted by Gasteiger charge is -2.13. The number of primary amides is 2. The van der Waals surface area contributed by atoms with Crippen molar-refractivity contribution in [1.82, 2.24) is 10.6 Å². The smallest absolute Gasteiger partial charge is 0.315 e. The predicted molar refractivity (Wildman–Crippen MR) is 76.6 cm³/mol. The van der Waals surface area contributed by atoms with E-state index >= 15 is 0 Å². The molecule has 0 heterocycles. The fourth-order valence-corrected chi connectivity index (χ4v) is 1.96. The molecule has 1 aromatic rings. The van der Waals surface area contributed by atoms with Crippen LogP contribution >= 0.6 is 15.9 Å². The van der Waals surface area contributed by atoms with Crippen molar-refractivity contribution in [2.75, 3.05) is 6.54 Å². The van der Waals surface area contributed by atoms with E-state index in [4.69, 9.17) is 11.5 Å². The monoisotopic (exact) mass is 342 g/mol. The molecule has 108 valence electrons. The molecule has 0 spiro atoms. The highest BCUT2D eigenvalue weighted by Gasteiger charge is 2.23. The Morgan fingerprint density at radius 2 is 1.75 bits per heavy atom. The molecular formula is C12H15BrN4O3. The van der Waals surface area contributed by atoms with Crippen LogP contribution in [0, 0.1) is 0 Å². The zero-order valence-electron chi connectivity index (χ0n) is 10.6. The maximum atomic E-state index is 11.5. The summed E-state index contributed by atoms with van der Waals surface area (Å²) in [6.45, 7) is 0.332. The normalized spacial score (nSPS) is 10.1. The number of carbonyl (C=O) groups excluding carboxylic acids is 3. The maximum absolute atomic E-state index is 11.5. The van der Waals surface area contributed by atoms with Gasteiger partial charge in [0, 0.05) is 11.0 Å². The van der Waals surface area contributed by atoms with Crippen LogP contribution in [0.3, 0.4) is 0 Å². The molecular weight excluding hydrogens is 328 g/mol. The third-order valence-corrected chi connectivity index (χ3v) is 3.26. The molecule has 4 amide bonds. The number of nitrogens with one attached hydrogen (secondary N) is 2. The van der Waals surface area contributed by atoms with Gasteiger partial charge in [-0.15, -0.1) is 0 Å². The Morgan fingerprint density at radius 1 is 1.15 bits per heavy atom. The number of rotatable bonds is 6. The molecule has 20 heavy (non-hydrogen) atoms. The molecule has 0 radical (unpaired) electrons. The highest BCUT2D eigenvalue weighted by molar-refractivity contribution is 9.10. The topological polar surface area (TPSA) is 127 Å². The van der Waals surface area contributed by atoms with E-state index < -0.39 is 23.9 Å². The van der Waals surface area contributed by atoms with Gasteiger partial charge < -0.3 is 22.1 Å². The van der Waals surface area contributed by atoms with Gasteiger partial charge in [-0.3, -0.25) is 9.59 Å². The van der Waals surface area contributed by atoms with E-state index in [2.05, 4.69) is 26.6 Å². The highest BCUT2D eigenvalue weighted by Crippen LogP contribution is 2.15. The molecule has 0 aliphatic carbocycles. The van der Waals surface area contributed by atoms with Gasteiger partial charge in [0.05, 0.1) is 0 Å². The first-order chi connectivity index (χ1) is 9.41. The molecule has 1 aromatic carbocycles. The van der Waals surface area contributed by atoms with Gasteiger partial charge in [-0.05, 0) is 18.1 Å². The van der Waals surface area contributed by atoms with Crippen LogP contribution in [-0.2, 0) is 16.0 Å².